The first-order valence-corrected chi connectivity index (χ1v) is 6.25. The summed E-state index contributed by atoms with van der Waals surface area (Å²) in [7, 11) is 0. The number of nitro benzene ring substituents is 1. The molecule has 0 radical (unpaired) electrons. The SMILES string of the molecule is Cc1cnc(CNc2ccc([N+](=O)[O-])cc2C#N)s1. The Balaban J connectivity index is 2.16. The highest BCUT2D eigenvalue weighted by molar-refractivity contribution is 7.11. The molecule has 1 aromatic heterocycles. The predicted octanol–water partition coefficient (Wildman–Crippen LogP) is 2.84. The first-order valence-electron chi connectivity index (χ1n) is 5.44. The summed E-state index contributed by atoms with van der Waals surface area (Å²) >= 11 is 1.56. The molecule has 0 unspecified atom stereocenters. The molecule has 0 fully saturated rings. The van der Waals surface area contributed by atoms with E-state index in [1.807, 2.05) is 13.0 Å². The van der Waals surface area contributed by atoms with Crippen molar-refractivity contribution in [2.45, 2.75) is 13.5 Å². The molecular formula is C12H10N4O2S. The summed E-state index contributed by atoms with van der Waals surface area (Å²) in [4.78, 5) is 15.4. The van der Waals surface area contributed by atoms with Gasteiger partial charge in [0.15, 0.2) is 0 Å². The number of rotatable bonds is 4. The lowest BCUT2D eigenvalue weighted by molar-refractivity contribution is -0.384. The summed E-state index contributed by atoms with van der Waals surface area (Å²) < 4.78 is 0. The van der Waals surface area contributed by atoms with Gasteiger partial charge in [0.2, 0.25) is 0 Å². The van der Waals surface area contributed by atoms with Gasteiger partial charge in [0.05, 0.1) is 22.7 Å². The van der Waals surface area contributed by atoms with E-state index in [1.54, 1.807) is 17.5 Å². The summed E-state index contributed by atoms with van der Waals surface area (Å²) in [6.45, 7) is 2.46. The fourth-order valence-corrected chi connectivity index (χ4v) is 2.27. The Morgan fingerprint density at radius 1 is 1.58 bits per heavy atom. The van der Waals surface area contributed by atoms with Crippen molar-refractivity contribution in [2.75, 3.05) is 5.32 Å². The van der Waals surface area contributed by atoms with E-state index in [0.29, 0.717) is 12.2 Å². The van der Waals surface area contributed by atoms with E-state index in [1.165, 1.54) is 18.2 Å². The van der Waals surface area contributed by atoms with E-state index in [2.05, 4.69) is 10.3 Å². The lowest BCUT2D eigenvalue weighted by Crippen LogP contribution is -2.01. The van der Waals surface area contributed by atoms with Gasteiger partial charge in [-0.2, -0.15) is 5.26 Å². The highest BCUT2D eigenvalue weighted by Gasteiger charge is 2.10. The number of anilines is 1. The van der Waals surface area contributed by atoms with Gasteiger partial charge in [0.25, 0.3) is 5.69 Å². The van der Waals surface area contributed by atoms with Gasteiger partial charge in [-0.15, -0.1) is 11.3 Å². The zero-order valence-electron chi connectivity index (χ0n) is 10.1. The van der Waals surface area contributed by atoms with Crippen LogP contribution in [0.25, 0.3) is 0 Å². The average Bonchev–Trinajstić information content (AvgIpc) is 2.81. The Kier molecular flexibility index (Phi) is 3.73. The summed E-state index contributed by atoms with van der Waals surface area (Å²) in [5.41, 5.74) is 0.732. The van der Waals surface area contributed by atoms with E-state index in [-0.39, 0.29) is 11.3 Å². The molecule has 6 nitrogen and oxygen atoms in total. The van der Waals surface area contributed by atoms with Crippen molar-refractivity contribution in [3.63, 3.8) is 0 Å². The molecule has 0 aliphatic carbocycles. The first-order chi connectivity index (χ1) is 9.10. The normalized spacial score (nSPS) is 9.89. The van der Waals surface area contributed by atoms with Crippen LogP contribution in [0.4, 0.5) is 11.4 Å². The molecule has 1 N–H and O–H groups in total. The van der Waals surface area contributed by atoms with Gasteiger partial charge in [-0.3, -0.25) is 10.1 Å². The van der Waals surface area contributed by atoms with Crippen LogP contribution in [0.1, 0.15) is 15.4 Å². The Labute approximate surface area is 113 Å². The molecule has 2 aromatic rings. The van der Waals surface area contributed by atoms with Crippen LogP contribution < -0.4 is 5.32 Å². The van der Waals surface area contributed by atoms with Crippen LogP contribution in [0.2, 0.25) is 0 Å². The second kappa shape index (κ2) is 5.46. The molecule has 96 valence electrons. The summed E-state index contributed by atoms with van der Waals surface area (Å²) in [5, 5.41) is 23.6. The van der Waals surface area contributed by atoms with Crippen LogP contribution in [-0.4, -0.2) is 9.91 Å². The van der Waals surface area contributed by atoms with E-state index in [0.717, 1.165) is 9.88 Å². The van der Waals surface area contributed by atoms with Crippen LogP contribution in [0, 0.1) is 28.4 Å². The number of benzene rings is 1. The molecule has 2 rings (SSSR count). The molecular weight excluding hydrogens is 264 g/mol. The summed E-state index contributed by atoms with van der Waals surface area (Å²) in [5.74, 6) is 0. The van der Waals surface area contributed by atoms with Crippen LogP contribution in [0.5, 0.6) is 0 Å². The minimum absolute atomic E-state index is 0.0906. The largest absolute Gasteiger partial charge is 0.377 e. The number of hydrogen-bond acceptors (Lipinski definition) is 6. The first kappa shape index (κ1) is 13.0. The Bertz CT molecular complexity index is 660. The van der Waals surface area contributed by atoms with Crippen LogP contribution in [0.15, 0.2) is 24.4 Å². The summed E-state index contributed by atoms with van der Waals surface area (Å²) in [6, 6.07) is 6.12. The Morgan fingerprint density at radius 3 is 2.95 bits per heavy atom. The van der Waals surface area contributed by atoms with Gasteiger partial charge in [0, 0.05) is 23.2 Å². The molecule has 0 amide bonds. The Morgan fingerprint density at radius 2 is 2.37 bits per heavy atom. The molecule has 7 heteroatoms. The number of nitro groups is 1. The van der Waals surface area contributed by atoms with Crippen molar-refractivity contribution in [1.29, 1.82) is 5.26 Å². The molecule has 0 saturated heterocycles. The number of aryl methyl sites for hydroxylation is 1. The van der Waals surface area contributed by atoms with Gasteiger partial charge < -0.3 is 5.32 Å². The van der Waals surface area contributed by atoms with Crippen molar-refractivity contribution in [3.05, 3.63) is 50.0 Å². The third-order valence-electron chi connectivity index (χ3n) is 2.43. The molecule has 1 heterocycles. The van der Waals surface area contributed by atoms with Crippen molar-refractivity contribution in [3.8, 4) is 6.07 Å². The maximum absolute atomic E-state index is 10.6. The predicted molar refractivity (Wildman–Crippen MR) is 72.0 cm³/mol. The van der Waals surface area contributed by atoms with Crippen molar-refractivity contribution in [1.82, 2.24) is 4.98 Å². The number of hydrogen-bond donors (Lipinski definition) is 1. The second-order valence-corrected chi connectivity index (χ2v) is 5.14. The zero-order valence-corrected chi connectivity index (χ0v) is 10.9. The zero-order chi connectivity index (χ0) is 13.8. The van der Waals surface area contributed by atoms with E-state index in [9.17, 15) is 10.1 Å². The van der Waals surface area contributed by atoms with E-state index < -0.39 is 4.92 Å². The monoisotopic (exact) mass is 274 g/mol. The highest BCUT2D eigenvalue weighted by Crippen LogP contribution is 2.22. The number of nitriles is 1. The van der Waals surface area contributed by atoms with Gasteiger partial charge in [-0.05, 0) is 13.0 Å². The third-order valence-corrected chi connectivity index (χ3v) is 3.35. The quantitative estimate of drug-likeness (QED) is 0.683. The van der Waals surface area contributed by atoms with Gasteiger partial charge in [-0.1, -0.05) is 0 Å². The number of nitrogens with one attached hydrogen (secondary N) is 1. The molecule has 0 aliphatic heterocycles. The van der Waals surface area contributed by atoms with Gasteiger partial charge >= 0.3 is 0 Å². The molecule has 19 heavy (non-hydrogen) atoms. The van der Waals surface area contributed by atoms with Crippen molar-refractivity contribution < 1.29 is 4.92 Å². The molecule has 0 aliphatic rings. The number of thiazole rings is 1. The van der Waals surface area contributed by atoms with Crippen LogP contribution in [0.3, 0.4) is 0 Å². The lowest BCUT2D eigenvalue weighted by Gasteiger charge is -2.05. The maximum Gasteiger partial charge on any atom is 0.270 e. The lowest BCUT2D eigenvalue weighted by atomic mass is 10.1. The van der Waals surface area contributed by atoms with Gasteiger partial charge in [-0.25, -0.2) is 4.98 Å². The molecule has 0 spiro atoms. The second-order valence-electron chi connectivity index (χ2n) is 3.82. The van der Waals surface area contributed by atoms with Crippen LogP contribution >= 0.6 is 11.3 Å². The third kappa shape index (κ3) is 3.05. The molecule has 0 bridgehead atoms. The standard InChI is InChI=1S/C12H10N4O2S/c1-8-6-15-12(19-8)7-14-11-3-2-10(16(17)18)4-9(11)5-13/h2-4,6,14H,7H2,1H3. The summed E-state index contributed by atoms with van der Waals surface area (Å²) in [6.07, 6.45) is 1.78. The van der Waals surface area contributed by atoms with E-state index >= 15 is 0 Å². The fourth-order valence-electron chi connectivity index (χ4n) is 1.55. The Hall–Kier alpha value is -2.46. The average molecular weight is 274 g/mol. The minimum atomic E-state index is -0.519. The number of non-ortho nitro benzene ring substituents is 1. The molecule has 0 saturated carbocycles. The molecule has 0 atom stereocenters. The van der Waals surface area contributed by atoms with Crippen molar-refractivity contribution in [2.24, 2.45) is 0 Å². The fraction of sp³-hybridized carbons (Fsp3) is 0.167. The van der Waals surface area contributed by atoms with Crippen LogP contribution in [-0.2, 0) is 6.54 Å². The topological polar surface area (TPSA) is 91.8 Å². The van der Waals surface area contributed by atoms with Gasteiger partial charge in [0.1, 0.15) is 11.1 Å². The highest BCUT2D eigenvalue weighted by atomic mass is 32.1. The minimum Gasteiger partial charge on any atom is -0.377 e. The van der Waals surface area contributed by atoms with Crippen molar-refractivity contribution >= 4 is 22.7 Å². The maximum atomic E-state index is 10.6. The smallest absolute Gasteiger partial charge is 0.270 e. The number of nitrogens with zero attached hydrogens (tertiary/aromatic N) is 3. The molecule has 1 aromatic carbocycles. The van der Waals surface area contributed by atoms with E-state index in [4.69, 9.17) is 5.26 Å². The number of aromatic nitrogens is 1.